The molecule has 0 unspecified atom stereocenters. The SMILES string of the molecule is CCCCc1noc(CN(C)CCOc2ccc(F)cc2)n1. The average Bonchev–Trinajstić information content (AvgIpc) is 2.94. The van der Waals surface area contributed by atoms with Crippen molar-refractivity contribution in [3.8, 4) is 5.75 Å². The molecular formula is C16H22FN3O2. The molecule has 1 heterocycles. The Morgan fingerprint density at radius 3 is 2.77 bits per heavy atom. The summed E-state index contributed by atoms with van der Waals surface area (Å²) in [6.07, 6.45) is 3.04. The molecule has 0 amide bonds. The number of hydrogen-bond donors (Lipinski definition) is 0. The lowest BCUT2D eigenvalue weighted by atomic mass is 10.2. The zero-order valence-corrected chi connectivity index (χ0v) is 13.1. The van der Waals surface area contributed by atoms with Crippen molar-refractivity contribution in [2.45, 2.75) is 32.7 Å². The van der Waals surface area contributed by atoms with Crippen molar-refractivity contribution in [3.63, 3.8) is 0 Å². The number of halogens is 1. The summed E-state index contributed by atoms with van der Waals surface area (Å²) >= 11 is 0. The second-order valence-electron chi connectivity index (χ2n) is 5.25. The fourth-order valence-corrected chi connectivity index (χ4v) is 1.95. The summed E-state index contributed by atoms with van der Waals surface area (Å²) in [4.78, 5) is 6.40. The highest BCUT2D eigenvalue weighted by Crippen LogP contribution is 2.11. The van der Waals surface area contributed by atoms with Crippen LogP contribution in [-0.2, 0) is 13.0 Å². The molecule has 0 fully saturated rings. The molecule has 1 aromatic carbocycles. The zero-order chi connectivity index (χ0) is 15.8. The van der Waals surface area contributed by atoms with Gasteiger partial charge in [0.1, 0.15) is 18.2 Å². The molecule has 22 heavy (non-hydrogen) atoms. The van der Waals surface area contributed by atoms with Crippen LogP contribution < -0.4 is 4.74 Å². The Morgan fingerprint density at radius 1 is 1.27 bits per heavy atom. The van der Waals surface area contributed by atoms with Gasteiger partial charge in [-0.1, -0.05) is 18.5 Å². The monoisotopic (exact) mass is 307 g/mol. The van der Waals surface area contributed by atoms with Gasteiger partial charge < -0.3 is 9.26 Å². The van der Waals surface area contributed by atoms with Crippen molar-refractivity contribution >= 4 is 0 Å². The summed E-state index contributed by atoms with van der Waals surface area (Å²) < 4.78 is 23.5. The third kappa shape index (κ3) is 5.44. The molecule has 0 bridgehead atoms. The summed E-state index contributed by atoms with van der Waals surface area (Å²) in [5.41, 5.74) is 0. The van der Waals surface area contributed by atoms with Gasteiger partial charge in [0.15, 0.2) is 5.82 Å². The molecule has 2 aromatic rings. The van der Waals surface area contributed by atoms with Gasteiger partial charge in [0.05, 0.1) is 6.54 Å². The molecule has 0 spiro atoms. The Labute approximate surface area is 130 Å². The lowest BCUT2D eigenvalue weighted by Gasteiger charge is -2.14. The summed E-state index contributed by atoms with van der Waals surface area (Å²) in [5.74, 6) is 1.79. The van der Waals surface area contributed by atoms with Gasteiger partial charge in [0.2, 0.25) is 5.89 Å². The van der Waals surface area contributed by atoms with E-state index in [2.05, 4.69) is 17.1 Å². The van der Waals surface area contributed by atoms with Gasteiger partial charge in [0, 0.05) is 13.0 Å². The lowest BCUT2D eigenvalue weighted by molar-refractivity contribution is 0.212. The van der Waals surface area contributed by atoms with Crippen LogP contribution in [0.4, 0.5) is 4.39 Å². The molecule has 0 radical (unpaired) electrons. The fourth-order valence-electron chi connectivity index (χ4n) is 1.95. The molecule has 120 valence electrons. The van der Waals surface area contributed by atoms with E-state index in [1.807, 2.05) is 11.9 Å². The number of hydrogen-bond acceptors (Lipinski definition) is 5. The minimum absolute atomic E-state index is 0.264. The van der Waals surface area contributed by atoms with E-state index >= 15 is 0 Å². The van der Waals surface area contributed by atoms with Gasteiger partial charge in [-0.2, -0.15) is 4.98 Å². The van der Waals surface area contributed by atoms with Crippen LogP contribution in [0.1, 0.15) is 31.5 Å². The van der Waals surface area contributed by atoms with E-state index in [-0.39, 0.29) is 5.82 Å². The van der Waals surface area contributed by atoms with Crippen LogP contribution in [-0.4, -0.2) is 35.2 Å². The highest BCUT2D eigenvalue weighted by atomic mass is 19.1. The van der Waals surface area contributed by atoms with E-state index in [1.54, 1.807) is 12.1 Å². The van der Waals surface area contributed by atoms with Gasteiger partial charge in [0.25, 0.3) is 0 Å². The Bertz CT molecular complexity index is 557. The maximum Gasteiger partial charge on any atom is 0.240 e. The largest absolute Gasteiger partial charge is 0.492 e. The zero-order valence-electron chi connectivity index (χ0n) is 13.1. The number of benzene rings is 1. The first-order chi connectivity index (χ1) is 10.7. The number of rotatable bonds is 9. The van der Waals surface area contributed by atoms with Gasteiger partial charge in [-0.3, -0.25) is 4.90 Å². The second kappa shape index (κ2) is 8.48. The van der Waals surface area contributed by atoms with Gasteiger partial charge in [-0.25, -0.2) is 4.39 Å². The number of aromatic nitrogens is 2. The Balaban J connectivity index is 1.70. The topological polar surface area (TPSA) is 51.4 Å². The number of nitrogens with zero attached hydrogens (tertiary/aromatic N) is 3. The first kappa shape index (κ1) is 16.4. The van der Waals surface area contributed by atoms with Crippen molar-refractivity contribution < 1.29 is 13.7 Å². The number of likely N-dealkylation sites (N-methyl/N-ethyl adjacent to an activating group) is 1. The molecular weight excluding hydrogens is 285 g/mol. The van der Waals surface area contributed by atoms with Crippen LogP contribution in [0.25, 0.3) is 0 Å². The molecule has 0 saturated carbocycles. The van der Waals surface area contributed by atoms with E-state index in [1.165, 1.54) is 12.1 Å². The predicted molar refractivity (Wildman–Crippen MR) is 81.1 cm³/mol. The lowest BCUT2D eigenvalue weighted by Crippen LogP contribution is -2.24. The van der Waals surface area contributed by atoms with Crippen molar-refractivity contribution in [2.24, 2.45) is 0 Å². The molecule has 5 nitrogen and oxygen atoms in total. The Hall–Kier alpha value is -1.95. The van der Waals surface area contributed by atoms with Crippen LogP contribution in [0.3, 0.4) is 0 Å². The highest BCUT2D eigenvalue weighted by molar-refractivity contribution is 5.21. The van der Waals surface area contributed by atoms with Crippen LogP contribution in [0.15, 0.2) is 28.8 Å². The Kier molecular flexibility index (Phi) is 6.33. The van der Waals surface area contributed by atoms with E-state index in [4.69, 9.17) is 9.26 Å². The molecule has 0 aliphatic rings. The normalized spacial score (nSPS) is 11.1. The summed E-state index contributed by atoms with van der Waals surface area (Å²) in [6, 6.07) is 6.01. The molecule has 0 aliphatic heterocycles. The van der Waals surface area contributed by atoms with Crippen LogP contribution in [0.5, 0.6) is 5.75 Å². The first-order valence-electron chi connectivity index (χ1n) is 7.55. The van der Waals surface area contributed by atoms with Crippen LogP contribution >= 0.6 is 0 Å². The van der Waals surface area contributed by atoms with Crippen molar-refractivity contribution in [1.82, 2.24) is 15.0 Å². The number of unbranched alkanes of at least 4 members (excludes halogenated alkanes) is 1. The standard InChI is InChI=1S/C16H22FN3O2/c1-3-4-5-15-18-16(22-19-15)12-20(2)10-11-21-14-8-6-13(17)7-9-14/h6-9H,3-5,10-12H2,1-2H3. The van der Waals surface area contributed by atoms with E-state index in [0.717, 1.165) is 25.1 Å². The molecule has 0 saturated heterocycles. The highest BCUT2D eigenvalue weighted by Gasteiger charge is 2.09. The minimum Gasteiger partial charge on any atom is -0.492 e. The second-order valence-corrected chi connectivity index (χ2v) is 5.25. The summed E-state index contributed by atoms with van der Waals surface area (Å²) in [5, 5.41) is 3.96. The third-order valence-corrected chi connectivity index (χ3v) is 3.22. The molecule has 6 heteroatoms. The predicted octanol–water partition coefficient (Wildman–Crippen LogP) is 3.06. The Morgan fingerprint density at radius 2 is 2.05 bits per heavy atom. The minimum atomic E-state index is -0.264. The van der Waals surface area contributed by atoms with Crippen molar-refractivity contribution in [1.29, 1.82) is 0 Å². The first-order valence-corrected chi connectivity index (χ1v) is 7.55. The fraction of sp³-hybridized carbons (Fsp3) is 0.500. The van der Waals surface area contributed by atoms with E-state index in [0.29, 0.717) is 31.3 Å². The van der Waals surface area contributed by atoms with Crippen LogP contribution in [0.2, 0.25) is 0 Å². The quantitative estimate of drug-likeness (QED) is 0.712. The molecule has 0 N–H and O–H groups in total. The van der Waals surface area contributed by atoms with Crippen molar-refractivity contribution in [3.05, 3.63) is 41.8 Å². The summed E-state index contributed by atoms with van der Waals surface area (Å²) in [6.45, 7) is 3.95. The summed E-state index contributed by atoms with van der Waals surface area (Å²) in [7, 11) is 1.96. The average molecular weight is 307 g/mol. The maximum absolute atomic E-state index is 12.8. The van der Waals surface area contributed by atoms with Gasteiger partial charge in [-0.05, 0) is 37.7 Å². The molecule has 1 aromatic heterocycles. The van der Waals surface area contributed by atoms with Gasteiger partial charge >= 0.3 is 0 Å². The van der Waals surface area contributed by atoms with E-state index < -0.39 is 0 Å². The maximum atomic E-state index is 12.8. The van der Waals surface area contributed by atoms with Crippen LogP contribution in [0, 0.1) is 5.82 Å². The van der Waals surface area contributed by atoms with Crippen molar-refractivity contribution in [2.75, 3.05) is 20.2 Å². The molecule has 2 rings (SSSR count). The van der Waals surface area contributed by atoms with E-state index in [9.17, 15) is 4.39 Å². The number of aryl methyl sites for hydroxylation is 1. The molecule has 0 aliphatic carbocycles. The third-order valence-electron chi connectivity index (χ3n) is 3.22. The number of ether oxygens (including phenoxy) is 1. The smallest absolute Gasteiger partial charge is 0.240 e. The molecule has 0 atom stereocenters. The van der Waals surface area contributed by atoms with Gasteiger partial charge in [-0.15, -0.1) is 0 Å².